The summed E-state index contributed by atoms with van der Waals surface area (Å²) in [5.41, 5.74) is 3.55. The maximum absolute atomic E-state index is 10.2. The zero-order valence-electron chi connectivity index (χ0n) is 19.0. The summed E-state index contributed by atoms with van der Waals surface area (Å²) in [6.07, 6.45) is 8.04. The highest BCUT2D eigenvalue weighted by Crippen LogP contribution is 2.34. The number of rotatable bonds is 7. The molecule has 4 rings (SSSR count). The largest absolute Gasteiger partial charge is 0.446 e. The van der Waals surface area contributed by atoms with E-state index in [1.165, 1.54) is 5.57 Å². The standard InChI is InChI=1S/C24H35ClN2O5/c1-15-10-17(4-3-5-22(15)25)6-7-21-16(2)27(18-8-9-30-14-18)26-24(21)32-23-12-19(29)11-20(13-28)31-23/h4-5,15,18-20,23,28-29H,3,6-14H2,1-2H3. The molecule has 32 heavy (non-hydrogen) atoms. The lowest BCUT2D eigenvalue weighted by molar-refractivity contribution is -0.186. The van der Waals surface area contributed by atoms with Gasteiger partial charge in [0.1, 0.15) is 0 Å². The summed E-state index contributed by atoms with van der Waals surface area (Å²) >= 11 is 6.35. The smallest absolute Gasteiger partial charge is 0.238 e. The summed E-state index contributed by atoms with van der Waals surface area (Å²) in [5.74, 6) is 0.900. The molecular formula is C24H35ClN2O5. The van der Waals surface area contributed by atoms with Crippen LogP contribution in [0.1, 0.15) is 62.7 Å². The maximum atomic E-state index is 10.2. The van der Waals surface area contributed by atoms with Gasteiger partial charge in [0.05, 0.1) is 31.5 Å². The summed E-state index contributed by atoms with van der Waals surface area (Å²) in [5, 5.41) is 25.4. The van der Waals surface area contributed by atoms with Crippen LogP contribution < -0.4 is 4.74 Å². The Morgan fingerprint density at radius 1 is 1.28 bits per heavy atom. The first kappa shape index (κ1) is 23.8. The van der Waals surface area contributed by atoms with Crippen LogP contribution in [0.4, 0.5) is 0 Å². The van der Waals surface area contributed by atoms with Crippen molar-refractivity contribution in [2.24, 2.45) is 5.92 Å². The molecule has 2 N–H and O–H groups in total. The van der Waals surface area contributed by atoms with Crippen LogP contribution in [0, 0.1) is 12.8 Å². The molecule has 0 aromatic carbocycles. The van der Waals surface area contributed by atoms with Crippen LogP contribution in [0.25, 0.3) is 0 Å². The van der Waals surface area contributed by atoms with E-state index in [9.17, 15) is 10.2 Å². The number of nitrogens with zero attached hydrogens (tertiary/aromatic N) is 2. The van der Waals surface area contributed by atoms with Crippen molar-refractivity contribution in [1.29, 1.82) is 0 Å². The zero-order chi connectivity index (χ0) is 22.7. The lowest BCUT2D eigenvalue weighted by Crippen LogP contribution is -2.40. The third-order valence-electron chi connectivity index (χ3n) is 6.73. The Morgan fingerprint density at radius 3 is 2.88 bits per heavy atom. The van der Waals surface area contributed by atoms with Crippen LogP contribution in [-0.4, -0.2) is 58.3 Å². The van der Waals surface area contributed by atoms with E-state index in [1.54, 1.807) is 0 Å². The number of allylic oxidation sites excluding steroid dienone is 4. The Balaban J connectivity index is 1.52. The van der Waals surface area contributed by atoms with E-state index in [0.29, 0.717) is 31.2 Å². The van der Waals surface area contributed by atoms with E-state index in [2.05, 4.69) is 26.0 Å². The minimum absolute atomic E-state index is 0.139. The highest BCUT2D eigenvalue weighted by molar-refractivity contribution is 6.29. The fourth-order valence-corrected chi connectivity index (χ4v) is 5.01. The second-order valence-corrected chi connectivity index (χ2v) is 9.67. The average Bonchev–Trinajstić information content (AvgIpc) is 3.35. The van der Waals surface area contributed by atoms with E-state index >= 15 is 0 Å². The van der Waals surface area contributed by atoms with Gasteiger partial charge in [-0.1, -0.05) is 36.2 Å². The van der Waals surface area contributed by atoms with Crippen LogP contribution >= 0.6 is 11.6 Å². The molecule has 0 bridgehead atoms. The van der Waals surface area contributed by atoms with E-state index in [4.69, 9.17) is 30.9 Å². The lowest BCUT2D eigenvalue weighted by Gasteiger charge is -2.31. The molecule has 0 saturated carbocycles. The number of hydrogen-bond acceptors (Lipinski definition) is 6. The highest BCUT2D eigenvalue weighted by Gasteiger charge is 2.32. The quantitative estimate of drug-likeness (QED) is 0.594. The van der Waals surface area contributed by atoms with Crippen molar-refractivity contribution in [1.82, 2.24) is 9.78 Å². The van der Waals surface area contributed by atoms with Gasteiger partial charge in [-0.15, -0.1) is 5.10 Å². The van der Waals surface area contributed by atoms with E-state index in [0.717, 1.165) is 55.0 Å². The molecule has 1 aliphatic carbocycles. The number of halogens is 1. The first-order chi connectivity index (χ1) is 15.4. The summed E-state index contributed by atoms with van der Waals surface area (Å²) in [6, 6.07) is 0.203. The first-order valence-corrected chi connectivity index (χ1v) is 12.1. The van der Waals surface area contributed by atoms with Gasteiger partial charge >= 0.3 is 0 Å². The number of aromatic nitrogens is 2. The topological polar surface area (TPSA) is 86.0 Å². The van der Waals surface area contributed by atoms with Gasteiger partial charge in [0.15, 0.2) is 0 Å². The normalized spacial score (nSPS) is 31.2. The molecule has 178 valence electrons. The predicted molar refractivity (Wildman–Crippen MR) is 122 cm³/mol. The molecule has 2 fully saturated rings. The van der Waals surface area contributed by atoms with E-state index in [1.807, 2.05) is 4.68 Å². The third kappa shape index (κ3) is 5.57. The fraction of sp³-hybridized carbons (Fsp3) is 0.708. The SMILES string of the molecule is Cc1c(CCC2=CCC=C(Cl)C(C)C2)c(OC2CC(O)CC(CO)O2)nn1C1CCOC1. The predicted octanol–water partition coefficient (Wildman–Crippen LogP) is 3.80. The van der Waals surface area contributed by atoms with Crippen molar-refractivity contribution in [3.63, 3.8) is 0 Å². The van der Waals surface area contributed by atoms with Gasteiger partial charge in [-0.25, -0.2) is 0 Å². The molecule has 3 heterocycles. The molecule has 2 saturated heterocycles. The van der Waals surface area contributed by atoms with Crippen LogP contribution in [0.3, 0.4) is 0 Å². The van der Waals surface area contributed by atoms with Crippen molar-refractivity contribution < 1.29 is 24.4 Å². The monoisotopic (exact) mass is 466 g/mol. The molecular weight excluding hydrogens is 432 g/mol. The maximum Gasteiger partial charge on any atom is 0.238 e. The first-order valence-electron chi connectivity index (χ1n) is 11.7. The second kappa shape index (κ2) is 10.7. The van der Waals surface area contributed by atoms with Crippen molar-refractivity contribution in [3.05, 3.63) is 34.0 Å². The van der Waals surface area contributed by atoms with Gasteiger partial charge < -0.3 is 24.4 Å². The summed E-state index contributed by atoms with van der Waals surface area (Å²) in [4.78, 5) is 0. The number of aliphatic hydroxyl groups is 2. The summed E-state index contributed by atoms with van der Waals surface area (Å²) in [7, 11) is 0. The molecule has 8 heteroatoms. The van der Waals surface area contributed by atoms with Gasteiger partial charge in [0.25, 0.3) is 0 Å². The van der Waals surface area contributed by atoms with Crippen molar-refractivity contribution in [2.45, 2.75) is 83.3 Å². The summed E-state index contributed by atoms with van der Waals surface area (Å²) in [6.45, 7) is 5.51. The lowest BCUT2D eigenvalue weighted by atomic mass is 9.96. The van der Waals surface area contributed by atoms with E-state index in [-0.39, 0.29) is 12.6 Å². The Morgan fingerprint density at radius 2 is 2.12 bits per heavy atom. The highest BCUT2D eigenvalue weighted by atomic mass is 35.5. The van der Waals surface area contributed by atoms with Crippen LogP contribution in [0.5, 0.6) is 5.88 Å². The van der Waals surface area contributed by atoms with E-state index < -0.39 is 18.5 Å². The molecule has 7 nitrogen and oxygen atoms in total. The van der Waals surface area contributed by atoms with Crippen LogP contribution in [0.2, 0.25) is 0 Å². The average molecular weight is 467 g/mol. The Labute approximate surface area is 195 Å². The Bertz CT molecular complexity index is 846. The van der Waals surface area contributed by atoms with Gasteiger partial charge in [-0.3, -0.25) is 4.68 Å². The molecule has 5 atom stereocenters. The van der Waals surface area contributed by atoms with Crippen molar-refractivity contribution in [3.8, 4) is 5.88 Å². The molecule has 0 radical (unpaired) electrons. The second-order valence-electron chi connectivity index (χ2n) is 9.24. The van der Waals surface area contributed by atoms with Gasteiger partial charge in [-0.05, 0) is 44.9 Å². The Kier molecular flexibility index (Phi) is 7.95. The molecule has 0 amide bonds. The molecule has 1 aromatic rings. The minimum Gasteiger partial charge on any atom is -0.446 e. The third-order valence-corrected chi connectivity index (χ3v) is 7.26. The minimum atomic E-state index is -0.627. The fourth-order valence-electron chi connectivity index (χ4n) is 4.85. The van der Waals surface area contributed by atoms with Crippen molar-refractivity contribution in [2.75, 3.05) is 19.8 Å². The van der Waals surface area contributed by atoms with Gasteiger partial charge in [0, 0.05) is 35.7 Å². The van der Waals surface area contributed by atoms with Gasteiger partial charge in [0.2, 0.25) is 12.2 Å². The van der Waals surface area contributed by atoms with Crippen LogP contribution in [0.15, 0.2) is 22.8 Å². The van der Waals surface area contributed by atoms with Crippen LogP contribution in [-0.2, 0) is 15.9 Å². The molecule has 5 unspecified atom stereocenters. The summed E-state index contributed by atoms with van der Waals surface area (Å²) < 4.78 is 19.6. The zero-order valence-corrected chi connectivity index (χ0v) is 19.8. The molecule has 2 aliphatic heterocycles. The number of ether oxygens (including phenoxy) is 3. The Hall–Kier alpha value is -1.38. The number of aliphatic hydroxyl groups excluding tert-OH is 2. The molecule has 3 aliphatic rings. The van der Waals surface area contributed by atoms with Gasteiger partial charge in [-0.2, -0.15) is 0 Å². The van der Waals surface area contributed by atoms with Crippen molar-refractivity contribution >= 4 is 11.6 Å². The number of hydrogen-bond donors (Lipinski definition) is 2. The molecule has 1 aromatic heterocycles. The molecule has 0 spiro atoms.